The Morgan fingerprint density at radius 1 is 1.25 bits per heavy atom. The van der Waals surface area contributed by atoms with Gasteiger partial charge < -0.3 is 10.6 Å². The second-order valence-corrected chi connectivity index (χ2v) is 9.94. The van der Waals surface area contributed by atoms with Gasteiger partial charge in [-0.3, -0.25) is 4.79 Å². The molecule has 2 heterocycles. The second-order valence-electron chi connectivity index (χ2n) is 8.84. The van der Waals surface area contributed by atoms with Gasteiger partial charge in [-0.15, -0.1) is 11.3 Å². The van der Waals surface area contributed by atoms with Crippen LogP contribution in [0.1, 0.15) is 66.9 Å². The molecule has 0 bridgehead atoms. The van der Waals surface area contributed by atoms with Gasteiger partial charge in [-0.2, -0.15) is 0 Å². The van der Waals surface area contributed by atoms with Crippen LogP contribution in [0.5, 0.6) is 0 Å². The van der Waals surface area contributed by atoms with Gasteiger partial charge in [0.05, 0.1) is 5.56 Å². The highest BCUT2D eigenvalue weighted by molar-refractivity contribution is 7.16. The van der Waals surface area contributed by atoms with Crippen molar-refractivity contribution in [1.82, 2.24) is 5.32 Å². The Bertz CT molecular complexity index is 910. The van der Waals surface area contributed by atoms with Crippen LogP contribution in [0.15, 0.2) is 35.9 Å². The molecule has 0 saturated carbocycles. The molecular weight excluding hydrogens is 364 g/mol. The molecule has 2 atom stereocenters. The van der Waals surface area contributed by atoms with E-state index in [1.54, 1.807) is 11.3 Å². The van der Waals surface area contributed by atoms with Crippen molar-refractivity contribution in [3.8, 4) is 0 Å². The van der Waals surface area contributed by atoms with Crippen molar-refractivity contribution >= 4 is 28.3 Å². The van der Waals surface area contributed by atoms with E-state index in [2.05, 4.69) is 56.5 Å². The number of thiophene rings is 1. The number of carbonyl (C=O) groups is 1. The summed E-state index contributed by atoms with van der Waals surface area (Å²) in [6.45, 7) is 9.13. The molecule has 148 valence electrons. The number of rotatable bonds is 4. The molecule has 2 aliphatic rings. The number of benzene rings is 1. The van der Waals surface area contributed by atoms with Crippen LogP contribution in [0.25, 0.3) is 6.08 Å². The highest BCUT2D eigenvalue weighted by Crippen LogP contribution is 2.46. The number of nitrogens with one attached hydrogen (secondary N) is 2. The summed E-state index contributed by atoms with van der Waals surface area (Å²) >= 11 is 1.80. The van der Waals surface area contributed by atoms with Gasteiger partial charge in [-0.1, -0.05) is 63.6 Å². The maximum absolute atomic E-state index is 12.9. The lowest BCUT2D eigenvalue weighted by Gasteiger charge is -2.36. The average Bonchev–Trinajstić information content (AvgIpc) is 3.06. The van der Waals surface area contributed by atoms with Gasteiger partial charge in [0, 0.05) is 4.88 Å². The molecule has 1 aliphatic heterocycles. The van der Waals surface area contributed by atoms with Crippen molar-refractivity contribution in [3.05, 3.63) is 57.5 Å². The molecule has 4 rings (SSSR count). The van der Waals surface area contributed by atoms with Gasteiger partial charge >= 0.3 is 0 Å². The van der Waals surface area contributed by atoms with Gasteiger partial charge in [0.1, 0.15) is 11.2 Å². The summed E-state index contributed by atoms with van der Waals surface area (Å²) < 4.78 is 0. The fraction of sp³-hybridized carbons (Fsp3) is 0.458. The van der Waals surface area contributed by atoms with Crippen molar-refractivity contribution in [3.63, 3.8) is 0 Å². The first-order valence-corrected chi connectivity index (χ1v) is 11.2. The zero-order chi connectivity index (χ0) is 19.9. The first-order valence-electron chi connectivity index (χ1n) is 10.3. The Morgan fingerprint density at radius 3 is 2.71 bits per heavy atom. The molecule has 2 N–H and O–H groups in total. The Morgan fingerprint density at radius 2 is 2.00 bits per heavy atom. The van der Waals surface area contributed by atoms with Crippen LogP contribution in [0.3, 0.4) is 0 Å². The number of hydrogen-bond donors (Lipinski definition) is 2. The standard InChI is InChI=1S/C24H30N2OS/c1-5-24(3,4)17-11-12-18-19(14-17)28-23-20(18)22(27)25-21(26-23)15(2)13-16-9-7-6-8-10-16/h6-10,13,17,21,26H,5,11-12,14H2,1-4H3,(H,25,27)/b15-13+/t17-,21+/m1/s1. The van der Waals surface area contributed by atoms with E-state index in [1.807, 2.05) is 18.2 Å². The molecule has 28 heavy (non-hydrogen) atoms. The number of fused-ring (bicyclic) bond motifs is 3. The highest BCUT2D eigenvalue weighted by Gasteiger charge is 2.37. The van der Waals surface area contributed by atoms with Crippen LogP contribution in [-0.2, 0) is 12.8 Å². The van der Waals surface area contributed by atoms with Crippen LogP contribution in [-0.4, -0.2) is 12.1 Å². The SMILES string of the molecule is CCC(C)(C)[C@@H]1CCc2c(sc3c2C(=O)N[C@H](/C(C)=C/c2ccccc2)N3)C1. The van der Waals surface area contributed by atoms with Crippen LogP contribution in [0, 0.1) is 11.3 Å². The number of hydrogen-bond acceptors (Lipinski definition) is 3. The number of anilines is 1. The molecule has 4 heteroatoms. The molecule has 0 radical (unpaired) electrons. The summed E-state index contributed by atoms with van der Waals surface area (Å²) in [5.74, 6) is 0.772. The smallest absolute Gasteiger partial charge is 0.256 e. The Hall–Kier alpha value is -2.07. The monoisotopic (exact) mass is 394 g/mol. The third-order valence-electron chi connectivity index (χ3n) is 6.71. The van der Waals surface area contributed by atoms with Crippen molar-refractivity contribution < 1.29 is 4.79 Å². The minimum absolute atomic E-state index is 0.0743. The topological polar surface area (TPSA) is 41.1 Å². The normalized spacial score (nSPS) is 22.1. The minimum Gasteiger partial charge on any atom is -0.353 e. The molecule has 3 nitrogen and oxygen atoms in total. The Balaban J connectivity index is 1.59. The van der Waals surface area contributed by atoms with E-state index >= 15 is 0 Å². The molecule has 1 aromatic carbocycles. The van der Waals surface area contributed by atoms with Gasteiger partial charge in [-0.25, -0.2) is 0 Å². The highest BCUT2D eigenvalue weighted by atomic mass is 32.1. The fourth-order valence-electron chi connectivity index (χ4n) is 4.38. The summed E-state index contributed by atoms with van der Waals surface area (Å²) in [6, 6.07) is 10.2. The van der Waals surface area contributed by atoms with Gasteiger partial charge in [0.25, 0.3) is 5.91 Å². The predicted octanol–water partition coefficient (Wildman–Crippen LogP) is 5.87. The van der Waals surface area contributed by atoms with Gasteiger partial charge in [0.2, 0.25) is 0 Å². The van der Waals surface area contributed by atoms with Gasteiger partial charge in [0.15, 0.2) is 0 Å². The van der Waals surface area contributed by atoms with Crippen molar-refractivity contribution in [1.29, 1.82) is 0 Å². The van der Waals surface area contributed by atoms with E-state index in [-0.39, 0.29) is 12.1 Å². The minimum atomic E-state index is -0.150. The van der Waals surface area contributed by atoms with Crippen LogP contribution >= 0.6 is 11.3 Å². The molecule has 2 aromatic rings. The first-order chi connectivity index (χ1) is 13.4. The lowest BCUT2D eigenvalue weighted by atomic mass is 9.69. The fourth-order valence-corrected chi connectivity index (χ4v) is 5.73. The zero-order valence-corrected chi connectivity index (χ0v) is 18.1. The Labute approximate surface area is 172 Å². The van der Waals surface area contributed by atoms with E-state index in [1.165, 1.54) is 23.3 Å². The quantitative estimate of drug-likeness (QED) is 0.680. The summed E-state index contributed by atoms with van der Waals surface area (Å²) in [4.78, 5) is 14.4. The molecule has 1 amide bonds. The first kappa shape index (κ1) is 19.3. The number of carbonyl (C=O) groups excluding carboxylic acids is 1. The third-order valence-corrected chi connectivity index (χ3v) is 7.89. The molecule has 0 saturated heterocycles. The van der Waals surface area contributed by atoms with E-state index in [0.717, 1.165) is 34.5 Å². The van der Waals surface area contributed by atoms with Crippen LogP contribution in [0.4, 0.5) is 5.00 Å². The van der Waals surface area contributed by atoms with E-state index < -0.39 is 0 Å². The molecular formula is C24H30N2OS. The van der Waals surface area contributed by atoms with Gasteiger partial charge in [-0.05, 0) is 54.2 Å². The lowest BCUT2D eigenvalue weighted by Crippen LogP contribution is -2.45. The van der Waals surface area contributed by atoms with E-state index in [4.69, 9.17) is 0 Å². The van der Waals surface area contributed by atoms with E-state index in [0.29, 0.717) is 11.3 Å². The zero-order valence-electron chi connectivity index (χ0n) is 17.3. The largest absolute Gasteiger partial charge is 0.353 e. The molecule has 1 aromatic heterocycles. The maximum Gasteiger partial charge on any atom is 0.256 e. The summed E-state index contributed by atoms with van der Waals surface area (Å²) in [5, 5.41) is 7.81. The molecule has 1 aliphatic carbocycles. The predicted molar refractivity (Wildman–Crippen MR) is 119 cm³/mol. The molecule has 0 fully saturated rings. The summed E-state index contributed by atoms with van der Waals surface area (Å²) in [5.41, 5.74) is 4.81. The lowest BCUT2D eigenvalue weighted by molar-refractivity contribution is 0.0940. The van der Waals surface area contributed by atoms with Crippen LogP contribution in [0.2, 0.25) is 0 Å². The molecule has 0 unspecified atom stereocenters. The summed E-state index contributed by atoms with van der Waals surface area (Å²) in [6.07, 6.45) is 6.49. The van der Waals surface area contributed by atoms with Crippen molar-refractivity contribution in [2.45, 2.75) is 59.5 Å². The van der Waals surface area contributed by atoms with Crippen molar-refractivity contribution in [2.75, 3.05) is 5.32 Å². The third kappa shape index (κ3) is 3.50. The van der Waals surface area contributed by atoms with Crippen molar-refractivity contribution in [2.24, 2.45) is 11.3 Å². The van der Waals surface area contributed by atoms with Crippen LogP contribution < -0.4 is 10.6 Å². The summed E-state index contributed by atoms with van der Waals surface area (Å²) in [7, 11) is 0. The van der Waals surface area contributed by atoms with E-state index in [9.17, 15) is 4.79 Å². The maximum atomic E-state index is 12.9. The Kier molecular flexibility index (Phi) is 5.09. The second kappa shape index (κ2) is 7.40. The molecule has 0 spiro atoms. The number of amides is 1. The average molecular weight is 395 g/mol.